The summed E-state index contributed by atoms with van der Waals surface area (Å²) in [6.45, 7) is 2.84. The molecule has 2 atom stereocenters. The van der Waals surface area contributed by atoms with E-state index in [4.69, 9.17) is 14.6 Å². The lowest BCUT2D eigenvalue weighted by atomic mass is 10.2. The molecule has 0 saturated carbocycles. The van der Waals surface area contributed by atoms with Gasteiger partial charge in [-0.3, -0.25) is 0 Å². The fourth-order valence-electron chi connectivity index (χ4n) is 1.54. The van der Waals surface area contributed by atoms with Gasteiger partial charge in [0, 0.05) is 11.6 Å². The molecule has 0 fully saturated rings. The van der Waals surface area contributed by atoms with Crippen molar-refractivity contribution in [3.8, 4) is 0 Å². The SMILES string of the molecule is CCC(C)OC(=O)NC(COCc1ccc(F)cc1F)C(=O)O. The molecule has 1 aromatic rings. The number of hydrogen-bond acceptors (Lipinski definition) is 4. The number of ether oxygens (including phenoxy) is 2. The fourth-order valence-corrected chi connectivity index (χ4v) is 1.54. The largest absolute Gasteiger partial charge is 0.480 e. The molecule has 2 N–H and O–H groups in total. The van der Waals surface area contributed by atoms with Gasteiger partial charge in [-0.15, -0.1) is 0 Å². The summed E-state index contributed by atoms with van der Waals surface area (Å²) in [6.07, 6.45) is -0.632. The summed E-state index contributed by atoms with van der Waals surface area (Å²) in [5, 5.41) is 11.2. The number of aliphatic carboxylic acids is 1. The number of alkyl carbamates (subject to hydrolysis) is 1. The Bertz CT molecular complexity index is 553. The minimum atomic E-state index is -1.34. The van der Waals surface area contributed by atoms with Crippen LogP contribution in [0.4, 0.5) is 13.6 Å². The summed E-state index contributed by atoms with van der Waals surface area (Å²) in [7, 11) is 0. The zero-order chi connectivity index (χ0) is 17.4. The van der Waals surface area contributed by atoms with Crippen LogP contribution in [-0.4, -0.2) is 35.9 Å². The molecule has 1 aromatic carbocycles. The number of nitrogens with one attached hydrogen (secondary N) is 1. The lowest BCUT2D eigenvalue weighted by Gasteiger charge is -2.17. The van der Waals surface area contributed by atoms with Crippen LogP contribution in [0.15, 0.2) is 18.2 Å². The zero-order valence-electron chi connectivity index (χ0n) is 12.8. The molecule has 8 heteroatoms. The molecule has 0 aromatic heterocycles. The second kappa shape index (κ2) is 9.04. The highest BCUT2D eigenvalue weighted by molar-refractivity contribution is 5.80. The second-order valence-corrected chi connectivity index (χ2v) is 4.91. The number of carboxylic acids is 1. The Hall–Kier alpha value is -2.22. The first-order valence-electron chi connectivity index (χ1n) is 7.05. The van der Waals surface area contributed by atoms with Crippen LogP contribution in [0.1, 0.15) is 25.8 Å². The maximum atomic E-state index is 13.4. The Morgan fingerprint density at radius 1 is 1.35 bits per heavy atom. The average Bonchev–Trinajstić information content (AvgIpc) is 2.47. The number of carbonyl (C=O) groups excluding carboxylic acids is 1. The summed E-state index contributed by atoms with van der Waals surface area (Å²) in [5.41, 5.74) is 0.0812. The predicted molar refractivity (Wildman–Crippen MR) is 76.8 cm³/mol. The van der Waals surface area contributed by atoms with Crippen molar-refractivity contribution in [3.63, 3.8) is 0 Å². The Morgan fingerprint density at radius 3 is 2.61 bits per heavy atom. The van der Waals surface area contributed by atoms with E-state index >= 15 is 0 Å². The van der Waals surface area contributed by atoms with Gasteiger partial charge in [-0.2, -0.15) is 0 Å². The number of amides is 1. The van der Waals surface area contributed by atoms with Crippen molar-refractivity contribution in [1.29, 1.82) is 0 Å². The monoisotopic (exact) mass is 331 g/mol. The summed E-state index contributed by atoms with van der Waals surface area (Å²) in [5.74, 6) is -2.82. The normalized spacial score (nSPS) is 13.2. The minimum Gasteiger partial charge on any atom is -0.480 e. The van der Waals surface area contributed by atoms with Gasteiger partial charge in [0.15, 0.2) is 6.04 Å². The second-order valence-electron chi connectivity index (χ2n) is 4.91. The summed E-state index contributed by atoms with van der Waals surface area (Å²) < 4.78 is 36.1. The quantitative estimate of drug-likeness (QED) is 0.764. The Kier molecular flexibility index (Phi) is 7.40. The molecule has 0 spiro atoms. The van der Waals surface area contributed by atoms with Crippen molar-refractivity contribution in [2.24, 2.45) is 0 Å². The maximum absolute atomic E-state index is 13.4. The summed E-state index contributed by atoms with van der Waals surface area (Å²) >= 11 is 0. The predicted octanol–water partition coefficient (Wildman–Crippen LogP) is 2.46. The average molecular weight is 331 g/mol. The van der Waals surface area contributed by atoms with E-state index in [1.165, 1.54) is 6.07 Å². The fraction of sp³-hybridized carbons (Fsp3) is 0.467. The van der Waals surface area contributed by atoms with Gasteiger partial charge in [0.1, 0.15) is 17.7 Å². The molecular weight excluding hydrogens is 312 g/mol. The van der Waals surface area contributed by atoms with E-state index in [2.05, 4.69) is 5.32 Å². The molecule has 0 aliphatic heterocycles. The van der Waals surface area contributed by atoms with Crippen LogP contribution in [0, 0.1) is 11.6 Å². The molecule has 1 rings (SSSR count). The Balaban J connectivity index is 2.50. The highest BCUT2D eigenvalue weighted by atomic mass is 19.1. The molecular formula is C15H19F2NO5. The van der Waals surface area contributed by atoms with E-state index in [0.717, 1.165) is 6.07 Å². The summed E-state index contributed by atoms with van der Waals surface area (Å²) in [4.78, 5) is 22.6. The molecule has 0 aliphatic carbocycles. The maximum Gasteiger partial charge on any atom is 0.408 e. The van der Waals surface area contributed by atoms with Gasteiger partial charge in [-0.1, -0.05) is 13.0 Å². The number of hydrogen-bond donors (Lipinski definition) is 2. The number of carboxylic acid groups (broad SMARTS) is 1. The highest BCUT2D eigenvalue weighted by Crippen LogP contribution is 2.10. The number of benzene rings is 1. The third-order valence-electron chi connectivity index (χ3n) is 3.03. The molecule has 0 bridgehead atoms. The molecule has 6 nitrogen and oxygen atoms in total. The van der Waals surface area contributed by atoms with Crippen molar-refractivity contribution >= 4 is 12.1 Å². The Labute approximate surface area is 132 Å². The smallest absolute Gasteiger partial charge is 0.408 e. The lowest BCUT2D eigenvalue weighted by Crippen LogP contribution is -2.44. The third kappa shape index (κ3) is 6.60. The first-order valence-corrected chi connectivity index (χ1v) is 7.05. The minimum absolute atomic E-state index is 0.0812. The van der Waals surface area contributed by atoms with E-state index in [1.807, 2.05) is 6.92 Å². The molecule has 1 amide bonds. The number of rotatable bonds is 8. The van der Waals surface area contributed by atoms with Crippen molar-refractivity contribution in [3.05, 3.63) is 35.4 Å². The van der Waals surface area contributed by atoms with E-state index in [-0.39, 0.29) is 24.9 Å². The standard InChI is InChI=1S/C15H19F2NO5/c1-3-9(2)23-15(21)18-13(14(19)20)8-22-7-10-4-5-11(16)6-12(10)17/h4-6,9,13H,3,7-8H2,1-2H3,(H,18,21)(H,19,20). The van der Waals surface area contributed by atoms with Gasteiger partial charge in [0.25, 0.3) is 0 Å². The van der Waals surface area contributed by atoms with Gasteiger partial charge in [-0.05, 0) is 19.4 Å². The molecule has 0 aliphatic rings. The molecule has 2 unspecified atom stereocenters. The molecule has 128 valence electrons. The van der Waals surface area contributed by atoms with Crippen LogP contribution in [0.25, 0.3) is 0 Å². The molecule has 0 heterocycles. The summed E-state index contributed by atoms with van der Waals surface area (Å²) in [6, 6.07) is 1.63. The van der Waals surface area contributed by atoms with Gasteiger partial charge >= 0.3 is 12.1 Å². The van der Waals surface area contributed by atoms with E-state index < -0.39 is 29.7 Å². The third-order valence-corrected chi connectivity index (χ3v) is 3.03. The zero-order valence-corrected chi connectivity index (χ0v) is 12.8. The molecule has 0 saturated heterocycles. The first kappa shape index (κ1) is 18.8. The Morgan fingerprint density at radius 2 is 2.04 bits per heavy atom. The lowest BCUT2D eigenvalue weighted by molar-refractivity contribution is -0.141. The van der Waals surface area contributed by atoms with Gasteiger partial charge in [0.2, 0.25) is 0 Å². The van der Waals surface area contributed by atoms with Gasteiger partial charge in [-0.25, -0.2) is 18.4 Å². The highest BCUT2D eigenvalue weighted by Gasteiger charge is 2.22. The topological polar surface area (TPSA) is 84.9 Å². The van der Waals surface area contributed by atoms with Crippen LogP contribution < -0.4 is 5.32 Å². The van der Waals surface area contributed by atoms with E-state index in [0.29, 0.717) is 12.5 Å². The first-order chi connectivity index (χ1) is 10.8. The van der Waals surface area contributed by atoms with Gasteiger partial charge in [0.05, 0.1) is 13.2 Å². The van der Waals surface area contributed by atoms with Crippen molar-refractivity contribution in [1.82, 2.24) is 5.32 Å². The van der Waals surface area contributed by atoms with Gasteiger partial charge < -0.3 is 19.9 Å². The number of carbonyl (C=O) groups is 2. The number of halogens is 2. The molecule has 23 heavy (non-hydrogen) atoms. The van der Waals surface area contributed by atoms with Crippen LogP contribution in [0.2, 0.25) is 0 Å². The van der Waals surface area contributed by atoms with E-state index in [1.54, 1.807) is 6.92 Å². The molecule has 0 radical (unpaired) electrons. The van der Waals surface area contributed by atoms with Crippen LogP contribution in [0.5, 0.6) is 0 Å². The van der Waals surface area contributed by atoms with Crippen LogP contribution >= 0.6 is 0 Å². The van der Waals surface area contributed by atoms with Crippen molar-refractivity contribution in [2.75, 3.05) is 6.61 Å². The van der Waals surface area contributed by atoms with Crippen molar-refractivity contribution < 1.29 is 33.0 Å². The van der Waals surface area contributed by atoms with Crippen LogP contribution in [0.3, 0.4) is 0 Å². The van der Waals surface area contributed by atoms with E-state index in [9.17, 15) is 18.4 Å². The van der Waals surface area contributed by atoms with Crippen molar-refractivity contribution in [2.45, 2.75) is 39.0 Å². The van der Waals surface area contributed by atoms with Crippen LogP contribution in [-0.2, 0) is 20.9 Å².